The molecule has 5 nitrogen and oxygen atoms in total. The van der Waals surface area contributed by atoms with E-state index in [2.05, 4.69) is 0 Å². The molecule has 1 amide bonds. The van der Waals surface area contributed by atoms with Crippen LogP contribution in [0.3, 0.4) is 0 Å². The number of rotatable bonds is 5. The third-order valence-corrected chi connectivity index (χ3v) is 1.83. The van der Waals surface area contributed by atoms with Crippen LogP contribution in [-0.2, 0) is 11.3 Å². The second-order valence-corrected chi connectivity index (χ2v) is 2.94. The predicted octanol–water partition coefficient (Wildman–Crippen LogP) is 0.0180. The van der Waals surface area contributed by atoms with Crippen molar-refractivity contribution in [3.63, 3.8) is 0 Å². The van der Waals surface area contributed by atoms with Gasteiger partial charge < -0.3 is 20.9 Å². The molecule has 0 aliphatic carbocycles. The molecule has 1 aromatic rings. The molecule has 4 N–H and O–H groups in total. The maximum Gasteiger partial charge on any atom is 0.255 e. The number of ether oxygens (including phenoxy) is 2. The SMILES string of the molecule is COc1cc(CN)ccc1OCC(N)=O. The molecule has 0 aromatic heterocycles. The van der Waals surface area contributed by atoms with Crippen molar-refractivity contribution in [2.45, 2.75) is 6.54 Å². The summed E-state index contributed by atoms with van der Waals surface area (Å²) in [5.41, 5.74) is 11.4. The van der Waals surface area contributed by atoms with Crippen molar-refractivity contribution >= 4 is 5.91 Å². The van der Waals surface area contributed by atoms with Crippen LogP contribution >= 0.6 is 0 Å². The molecule has 1 rings (SSSR count). The Morgan fingerprint density at radius 1 is 1.40 bits per heavy atom. The summed E-state index contributed by atoms with van der Waals surface area (Å²) in [4.78, 5) is 10.5. The minimum atomic E-state index is -0.528. The van der Waals surface area contributed by atoms with E-state index in [1.165, 1.54) is 7.11 Å². The highest BCUT2D eigenvalue weighted by Gasteiger charge is 2.06. The van der Waals surface area contributed by atoms with E-state index < -0.39 is 5.91 Å². The first-order valence-electron chi connectivity index (χ1n) is 4.45. The number of benzene rings is 1. The van der Waals surface area contributed by atoms with Gasteiger partial charge in [-0.3, -0.25) is 4.79 Å². The molecular formula is C10H14N2O3. The smallest absolute Gasteiger partial charge is 0.255 e. The molecule has 15 heavy (non-hydrogen) atoms. The van der Waals surface area contributed by atoms with Crippen molar-refractivity contribution in [1.82, 2.24) is 0 Å². The van der Waals surface area contributed by atoms with Gasteiger partial charge in [-0.15, -0.1) is 0 Å². The van der Waals surface area contributed by atoms with E-state index in [0.717, 1.165) is 5.56 Å². The van der Waals surface area contributed by atoms with E-state index in [1.807, 2.05) is 0 Å². The van der Waals surface area contributed by atoms with Crippen molar-refractivity contribution in [3.05, 3.63) is 23.8 Å². The summed E-state index contributed by atoms with van der Waals surface area (Å²) in [6.45, 7) is 0.255. The summed E-state index contributed by atoms with van der Waals surface area (Å²) in [5, 5.41) is 0. The molecule has 5 heteroatoms. The number of carbonyl (C=O) groups is 1. The number of primary amides is 1. The van der Waals surface area contributed by atoms with Crippen LogP contribution in [0.25, 0.3) is 0 Å². The van der Waals surface area contributed by atoms with Gasteiger partial charge in [-0.1, -0.05) is 6.07 Å². The minimum Gasteiger partial charge on any atom is -0.493 e. The van der Waals surface area contributed by atoms with Crippen LogP contribution in [0.2, 0.25) is 0 Å². The third kappa shape index (κ3) is 3.14. The molecular weight excluding hydrogens is 196 g/mol. The lowest BCUT2D eigenvalue weighted by Crippen LogP contribution is -2.20. The number of methoxy groups -OCH3 is 1. The number of amides is 1. The number of hydrogen-bond donors (Lipinski definition) is 2. The first-order valence-corrected chi connectivity index (χ1v) is 4.45. The lowest BCUT2D eigenvalue weighted by atomic mass is 10.2. The fraction of sp³-hybridized carbons (Fsp3) is 0.300. The predicted molar refractivity (Wildman–Crippen MR) is 55.6 cm³/mol. The molecule has 0 aliphatic rings. The molecule has 82 valence electrons. The topological polar surface area (TPSA) is 87.6 Å². The molecule has 0 atom stereocenters. The van der Waals surface area contributed by atoms with Crippen LogP contribution in [0.1, 0.15) is 5.56 Å². The average Bonchev–Trinajstić information content (AvgIpc) is 2.25. The normalized spacial score (nSPS) is 9.73. The highest BCUT2D eigenvalue weighted by atomic mass is 16.5. The van der Waals surface area contributed by atoms with Gasteiger partial charge >= 0.3 is 0 Å². The largest absolute Gasteiger partial charge is 0.493 e. The number of carbonyl (C=O) groups excluding carboxylic acids is 1. The van der Waals surface area contributed by atoms with Crippen molar-refractivity contribution < 1.29 is 14.3 Å². The van der Waals surface area contributed by atoms with Crippen molar-refractivity contribution in [1.29, 1.82) is 0 Å². The maximum absolute atomic E-state index is 10.5. The molecule has 1 aromatic carbocycles. The van der Waals surface area contributed by atoms with Crippen LogP contribution in [0, 0.1) is 0 Å². The zero-order chi connectivity index (χ0) is 11.3. The van der Waals surface area contributed by atoms with Crippen LogP contribution in [0.4, 0.5) is 0 Å². The fourth-order valence-electron chi connectivity index (χ4n) is 1.11. The molecule has 0 aliphatic heterocycles. The monoisotopic (exact) mass is 210 g/mol. The molecule has 0 unspecified atom stereocenters. The first-order chi connectivity index (χ1) is 7.17. The van der Waals surface area contributed by atoms with E-state index in [-0.39, 0.29) is 6.61 Å². The molecule has 0 saturated heterocycles. The zero-order valence-corrected chi connectivity index (χ0v) is 8.53. The molecule has 0 spiro atoms. The Hall–Kier alpha value is -1.75. The molecule has 0 bridgehead atoms. The maximum atomic E-state index is 10.5. The Balaban J connectivity index is 2.82. The van der Waals surface area contributed by atoms with Gasteiger partial charge in [0.1, 0.15) is 0 Å². The Morgan fingerprint density at radius 3 is 2.67 bits per heavy atom. The molecule has 0 saturated carbocycles. The number of nitrogens with two attached hydrogens (primary N) is 2. The van der Waals surface area contributed by atoms with Crippen molar-refractivity contribution in [3.8, 4) is 11.5 Å². The van der Waals surface area contributed by atoms with E-state index in [0.29, 0.717) is 18.0 Å². The summed E-state index contributed by atoms with van der Waals surface area (Å²) < 4.78 is 10.2. The van der Waals surface area contributed by atoms with E-state index in [4.69, 9.17) is 20.9 Å². The Labute approximate surface area is 88.0 Å². The quantitative estimate of drug-likeness (QED) is 0.717. The van der Waals surface area contributed by atoms with Gasteiger partial charge in [0.05, 0.1) is 7.11 Å². The van der Waals surface area contributed by atoms with Gasteiger partial charge in [-0.25, -0.2) is 0 Å². The second kappa shape index (κ2) is 5.21. The Bertz CT molecular complexity index is 353. The Morgan fingerprint density at radius 2 is 2.13 bits per heavy atom. The summed E-state index contributed by atoms with van der Waals surface area (Å²) >= 11 is 0. The summed E-state index contributed by atoms with van der Waals surface area (Å²) in [5.74, 6) is 0.493. The van der Waals surface area contributed by atoms with Gasteiger partial charge in [0.2, 0.25) is 0 Å². The van der Waals surface area contributed by atoms with Gasteiger partial charge in [-0.2, -0.15) is 0 Å². The van der Waals surface area contributed by atoms with Gasteiger partial charge in [0.25, 0.3) is 5.91 Å². The van der Waals surface area contributed by atoms with E-state index in [1.54, 1.807) is 18.2 Å². The molecule has 0 radical (unpaired) electrons. The fourth-order valence-corrected chi connectivity index (χ4v) is 1.11. The van der Waals surface area contributed by atoms with Crippen LogP contribution in [0.5, 0.6) is 11.5 Å². The summed E-state index contributed by atoms with van der Waals surface area (Å²) in [6, 6.07) is 5.26. The zero-order valence-electron chi connectivity index (χ0n) is 8.53. The van der Waals surface area contributed by atoms with E-state index in [9.17, 15) is 4.79 Å². The van der Waals surface area contributed by atoms with E-state index >= 15 is 0 Å². The highest BCUT2D eigenvalue weighted by molar-refractivity contribution is 5.75. The molecule has 0 heterocycles. The first kappa shape index (κ1) is 11.3. The third-order valence-electron chi connectivity index (χ3n) is 1.83. The lowest BCUT2D eigenvalue weighted by Gasteiger charge is -2.10. The van der Waals surface area contributed by atoms with Gasteiger partial charge in [0, 0.05) is 6.54 Å². The standard InChI is InChI=1S/C10H14N2O3/c1-14-9-4-7(5-11)2-3-8(9)15-6-10(12)13/h2-4H,5-6,11H2,1H3,(H2,12,13). The lowest BCUT2D eigenvalue weighted by molar-refractivity contribution is -0.119. The van der Waals surface area contributed by atoms with Crippen LogP contribution in [0.15, 0.2) is 18.2 Å². The number of hydrogen-bond acceptors (Lipinski definition) is 4. The second-order valence-electron chi connectivity index (χ2n) is 2.94. The highest BCUT2D eigenvalue weighted by Crippen LogP contribution is 2.27. The summed E-state index contributed by atoms with van der Waals surface area (Å²) in [7, 11) is 1.52. The minimum absolute atomic E-state index is 0.168. The van der Waals surface area contributed by atoms with Gasteiger partial charge in [0.15, 0.2) is 18.1 Å². The summed E-state index contributed by atoms with van der Waals surface area (Å²) in [6.07, 6.45) is 0. The van der Waals surface area contributed by atoms with Gasteiger partial charge in [-0.05, 0) is 17.7 Å². The van der Waals surface area contributed by atoms with Crippen molar-refractivity contribution in [2.75, 3.05) is 13.7 Å². The Kier molecular flexibility index (Phi) is 3.93. The average molecular weight is 210 g/mol. The molecule has 0 fully saturated rings. The van der Waals surface area contributed by atoms with Crippen LogP contribution in [-0.4, -0.2) is 19.6 Å². The van der Waals surface area contributed by atoms with Crippen LogP contribution < -0.4 is 20.9 Å². The van der Waals surface area contributed by atoms with Crippen molar-refractivity contribution in [2.24, 2.45) is 11.5 Å².